The quantitative estimate of drug-likeness (QED) is 0.586. The van der Waals surface area contributed by atoms with Crippen LogP contribution in [-0.2, 0) is 6.61 Å². The van der Waals surface area contributed by atoms with E-state index in [0.29, 0.717) is 29.4 Å². The SMILES string of the molecule is COc1cccc(/C=C2/Oc3cc(OCc4ccc(F)cc4)ccc3C2=O)c1. The summed E-state index contributed by atoms with van der Waals surface area (Å²) in [5.41, 5.74) is 2.14. The number of ether oxygens (including phenoxy) is 3. The van der Waals surface area contributed by atoms with Gasteiger partial charge in [0.05, 0.1) is 12.7 Å². The molecule has 0 spiro atoms. The Morgan fingerprint density at radius 1 is 1.00 bits per heavy atom. The zero-order valence-electron chi connectivity index (χ0n) is 15.1. The molecule has 0 unspecified atom stereocenters. The van der Waals surface area contributed by atoms with E-state index in [4.69, 9.17) is 14.2 Å². The molecule has 1 heterocycles. The fraction of sp³-hybridized carbons (Fsp3) is 0.0870. The summed E-state index contributed by atoms with van der Waals surface area (Å²) < 4.78 is 29.6. The zero-order valence-corrected chi connectivity index (χ0v) is 15.1. The van der Waals surface area contributed by atoms with Crippen molar-refractivity contribution in [2.24, 2.45) is 0 Å². The highest BCUT2D eigenvalue weighted by atomic mass is 19.1. The number of fused-ring (bicyclic) bond motifs is 1. The Morgan fingerprint density at radius 2 is 1.82 bits per heavy atom. The van der Waals surface area contributed by atoms with E-state index in [0.717, 1.165) is 11.1 Å². The Kier molecular flexibility index (Phi) is 4.81. The lowest BCUT2D eigenvalue weighted by molar-refractivity contribution is 0.101. The van der Waals surface area contributed by atoms with E-state index in [1.807, 2.05) is 24.3 Å². The first-order chi connectivity index (χ1) is 13.6. The van der Waals surface area contributed by atoms with Crippen LogP contribution >= 0.6 is 0 Å². The van der Waals surface area contributed by atoms with Crippen molar-refractivity contribution in [1.29, 1.82) is 0 Å². The molecule has 4 nitrogen and oxygen atoms in total. The number of carbonyl (C=O) groups excluding carboxylic acids is 1. The van der Waals surface area contributed by atoms with Crippen molar-refractivity contribution in [2.45, 2.75) is 6.61 Å². The van der Waals surface area contributed by atoms with Gasteiger partial charge in [-0.05, 0) is 53.6 Å². The van der Waals surface area contributed by atoms with Crippen molar-refractivity contribution in [3.63, 3.8) is 0 Å². The predicted molar refractivity (Wildman–Crippen MR) is 103 cm³/mol. The molecule has 0 fully saturated rings. The first kappa shape index (κ1) is 17.8. The summed E-state index contributed by atoms with van der Waals surface area (Å²) in [4.78, 5) is 12.6. The molecule has 0 saturated heterocycles. The number of carbonyl (C=O) groups is 1. The molecular formula is C23H17FO4. The number of ketones is 1. The van der Waals surface area contributed by atoms with Gasteiger partial charge in [-0.3, -0.25) is 4.79 Å². The number of rotatable bonds is 5. The fourth-order valence-electron chi connectivity index (χ4n) is 2.89. The number of hydrogen-bond acceptors (Lipinski definition) is 4. The van der Waals surface area contributed by atoms with E-state index in [1.54, 1.807) is 43.5 Å². The molecule has 1 aliphatic rings. The van der Waals surface area contributed by atoms with Gasteiger partial charge in [0.1, 0.15) is 29.7 Å². The third-order valence-electron chi connectivity index (χ3n) is 4.35. The number of halogens is 1. The minimum absolute atomic E-state index is 0.178. The summed E-state index contributed by atoms with van der Waals surface area (Å²) in [6, 6.07) is 18.6. The standard InChI is InChI=1S/C23H17FO4/c1-26-18-4-2-3-16(11-18)12-22-23(25)20-10-9-19(13-21(20)28-22)27-14-15-5-7-17(24)8-6-15/h2-13H,14H2,1H3/b22-12+. The highest BCUT2D eigenvalue weighted by molar-refractivity contribution is 6.14. The third kappa shape index (κ3) is 3.74. The van der Waals surface area contributed by atoms with Crippen LogP contribution in [0.15, 0.2) is 72.5 Å². The maximum absolute atomic E-state index is 13.0. The highest BCUT2D eigenvalue weighted by Gasteiger charge is 2.27. The predicted octanol–water partition coefficient (Wildman–Crippen LogP) is 5.03. The third-order valence-corrected chi connectivity index (χ3v) is 4.35. The Hall–Kier alpha value is -3.60. The monoisotopic (exact) mass is 376 g/mol. The van der Waals surface area contributed by atoms with Gasteiger partial charge in [-0.25, -0.2) is 4.39 Å². The van der Waals surface area contributed by atoms with Crippen molar-refractivity contribution in [3.05, 3.63) is 95.0 Å². The molecule has 0 N–H and O–H groups in total. The van der Waals surface area contributed by atoms with Crippen LogP contribution in [0.4, 0.5) is 4.39 Å². The van der Waals surface area contributed by atoms with Gasteiger partial charge in [0.15, 0.2) is 5.76 Å². The normalized spacial score (nSPS) is 13.9. The minimum atomic E-state index is -0.288. The topological polar surface area (TPSA) is 44.8 Å². The Labute approximate surface area is 161 Å². The number of Topliss-reactive ketones (excluding diaryl/α,β-unsaturated/α-hetero) is 1. The Morgan fingerprint density at radius 3 is 2.61 bits per heavy atom. The fourth-order valence-corrected chi connectivity index (χ4v) is 2.89. The van der Waals surface area contributed by atoms with E-state index in [-0.39, 0.29) is 17.4 Å². The molecule has 0 radical (unpaired) electrons. The van der Waals surface area contributed by atoms with Gasteiger partial charge in [0.2, 0.25) is 5.78 Å². The first-order valence-corrected chi connectivity index (χ1v) is 8.72. The Bertz CT molecular complexity index is 1050. The smallest absolute Gasteiger partial charge is 0.231 e. The molecule has 0 amide bonds. The van der Waals surface area contributed by atoms with Crippen LogP contribution in [0.3, 0.4) is 0 Å². The molecule has 0 atom stereocenters. The molecule has 0 saturated carbocycles. The average molecular weight is 376 g/mol. The second kappa shape index (κ2) is 7.56. The van der Waals surface area contributed by atoms with Crippen LogP contribution in [-0.4, -0.2) is 12.9 Å². The van der Waals surface area contributed by atoms with Crippen molar-refractivity contribution < 1.29 is 23.4 Å². The van der Waals surface area contributed by atoms with Crippen LogP contribution < -0.4 is 14.2 Å². The molecule has 0 aliphatic carbocycles. The summed E-state index contributed by atoms with van der Waals surface area (Å²) in [5, 5.41) is 0. The number of hydrogen-bond donors (Lipinski definition) is 0. The summed E-state index contributed by atoms with van der Waals surface area (Å²) in [6.07, 6.45) is 1.68. The van der Waals surface area contributed by atoms with E-state index in [9.17, 15) is 9.18 Å². The van der Waals surface area contributed by atoms with Crippen LogP contribution in [0.2, 0.25) is 0 Å². The second-order valence-electron chi connectivity index (χ2n) is 6.29. The van der Waals surface area contributed by atoms with E-state index in [2.05, 4.69) is 0 Å². The van der Waals surface area contributed by atoms with Gasteiger partial charge in [-0.2, -0.15) is 0 Å². The van der Waals surface area contributed by atoms with Crippen LogP contribution in [0.5, 0.6) is 17.2 Å². The molecule has 4 rings (SSSR count). The zero-order chi connectivity index (χ0) is 19.5. The first-order valence-electron chi connectivity index (χ1n) is 8.72. The largest absolute Gasteiger partial charge is 0.497 e. The summed E-state index contributed by atoms with van der Waals surface area (Å²) in [5.74, 6) is 1.51. The lowest BCUT2D eigenvalue weighted by Gasteiger charge is -2.07. The molecule has 0 bridgehead atoms. The van der Waals surface area contributed by atoms with Crippen molar-refractivity contribution in [2.75, 3.05) is 7.11 Å². The average Bonchev–Trinajstić information content (AvgIpc) is 3.02. The highest BCUT2D eigenvalue weighted by Crippen LogP contribution is 2.35. The molecular weight excluding hydrogens is 359 g/mol. The molecule has 0 aromatic heterocycles. The van der Waals surface area contributed by atoms with E-state index in [1.165, 1.54) is 12.1 Å². The lowest BCUT2D eigenvalue weighted by Crippen LogP contribution is -1.98. The van der Waals surface area contributed by atoms with Gasteiger partial charge >= 0.3 is 0 Å². The number of methoxy groups -OCH3 is 1. The molecule has 28 heavy (non-hydrogen) atoms. The Balaban J connectivity index is 1.50. The maximum Gasteiger partial charge on any atom is 0.231 e. The summed E-state index contributed by atoms with van der Waals surface area (Å²) >= 11 is 0. The molecule has 5 heteroatoms. The lowest BCUT2D eigenvalue weighted by atomic mass is 10.1. The van der Waals surface area contributed by atoms with Crippen molar-refractivity contribution in [3.8, 4) is 17.2 Å². The van der Waals surface area contributed by atoms with Crippen LogP contribution in [0.25, 0.3) is 6.08 Å². The van der Waals surface area contributed by atoms with Gasteiger partial charge in [0.25, 0.3) is 0 Å². The van der Waals surface area contributed by atoms with Gasteiger partial charge in [-0.1, -0.05) is 24.3 Å². The van der Waals surface area contributed by atoms with Gasteiger partial charge in [-0.15, -0.1) is 0 Å². The molecule has 3 aromatic rings. The summed E-state index contributed by atoms with van der Waals surface area (Å²) in [7, 11) is 1.59. The number of benzene rings is 3. The van der Waals surface area contributed by atoms with Gasteiger partial charge < -0.3 is 14.2 Å². The summed E-state index contributed by atoms with van der Waals surface area (Å²) in [6.45, 7) is 0.291. The molecule has 140 valence electrons. The van der Waals surface area contributed by atoms with Crippen molar-refractivity contribution in [1.82, 2.24) is 0 Å². The van der Waals surface area contributed by atoms with Crippen molar-refractivity contribution >= 4 is 11.9 Å². The van der Waals surface area contributed by atoms with Gasteiger partial charge in [0, 0.05) is 6.07 Å². The van der Waals surface area contributed by atoms with Crippen LogP contribution in [0.1, 0.15) is 21.5 Å². The second-order valence-corrected chi connectivity index (χ2v) is 6.29. The van der Waals surface area contributed by atoms with E-state index < -0.39 is 0 Å². The minimum Gasteiger partial charge on any atom is -0.497 e. The van der Waals surface area contributed by atoms with E-state index >= 15 is 0 Å². The molecule has 3 aromatic carbocycles. The van der Waals surface area contributed by atoms with Crippen LogP contribution in [0, 0.1) is 5.82 Å². The maximum atomic E-state index is 13.0. The molecule has 1 aliphatic heterocycles. The number of allylic oxidation sites excluding steroid dienone is 1.